The van der Waals surface area contributed by atoms with Gasteiger partial charge in [0.25, 0.3) is 0 Å². The van der Waals surface area contributed by atoms with Gasteiger partial charge in [0.1, 0.15) is 0 Å². The van der Waals surface area contributed by atoms with Gasteiger partial charge in [0.05, 0.1) is 16.7 Å². The summed E-state index contributed by atoms with van der Waals surface area (Å²) in [5.41, 5.74) is 16.3. The number of rotatable bonds is 8. The third kappa shape index (κ3) is 6.32. The molecule has 0 unspecified atom stereocenters. The minimum atomic E-state index is 1.08. The first kappa shape index (κ1) is 35.2. The Morgan fingerprint density at radius 2 is 0.800 bits per heavy atom. The van der Waals surface area contributed by atoms with Gasteiger partial charge in [0, 0.05) is 33.4 Å². The van der Waals surface area contributed by atoms with Crippen molar-refractivity contribution in [2.75, 3.05) is 4.90 Å². The molecule has 0 aliphatic rings. The van der Waals surface area contributed by atoms with Gasteiger partial charge in [-0.3, -0.25) is 0 Å². The SMILES string of the molecule is c1ccc(-c2cccc(N(c3ccc(-c4cccc(-c5cccc6ccccc56)c4)cc3)c3ccccc3-c3cccc(-n4c5ccccc5c5ccccc54)c3)c2)cc1. The fourth-order valence-electron chi connectivity index (χ4n) is 8.95. The Morgan fingerprint density at radius 3 is 1.58 bits per heavy atom. The van der Waals surface area contributed by atoms with E-state index in [0.29, 0.717) is 0 Å². The number of benzene rings is 10. The molecule has 0 amide bonds. The zero-order valence-corrected chi connectivity index (χ0v) is 33.0. The summed E-state index contributed by atoms with van der Waals surface area (Å²) in [6.07, 6.45) is 0. The standard InChI is InChI=1S/C58H40N2/c1-2-16-41(17-3-1)45-21-13-24-49(39-45)59(48-36-34-42(35-37-48)44-20-12-22-46(38-44)52-30-15-19-43-18-4-5-26-51(43)52)56-31-9-6-27-53(56)47-23-14-25-50(40-47)60-57-32-10-7-28-54(57)55-29-8-11-33-58(55)60/h1-40H. The normalized spacial score (nSPS) is 11.3. The number of aromatic nitrogens is 1. The number of hydrogen-bond donors (Lipinski definition) is 0. The van der Waals surface area contributed by atoms with Crippen molar-refractivity contribution in [1.82, 2.24) is 4.57 Å². The third-order valence-corrected chi connectivity index (χ3v) is 11.8. The van der Waals surface area contributed by atoms with Crippen molar-refractivity contribution in [1.29, 1.82) is 0 Å². The fourth-order valence-corrected chi connectivity index (χ4v) is 8.95. The molecule has 0 saturated heterocycles. The molecule has 2 heteroatoms. The molecule has 0 spiro atoms. The van der Waals surface area contributed by atoms with Crippen molar-refractivity contribution in [3.63, 3.8) is 0 Å². The first-order valence-electron chi connectivity index (χ1n) is 20.6. The van der Waals surface area contributed by atoms with Crippen LogP contribution in [0.2, 0.25) is 0 Å². The summed E-state index contributed by atoms with van der Waals surface area (Å²) in [5, 5.41) is 5.03. The molecular weight excluding hydrogens is 725 g/mol. The number of anilines is 3. The molecule has 60 heavy (non-hydrogen) atoms. The van der Waals surface area contributed by atoms with Crippen LogP contribution in [0.1, 0.15) is 0 Å². The molecule has 0 aliphatic heterocycles. The van der Waals surface area contributed by atoms with E-state index in [1.54, 1.807) is 0 Å². The average Bonchev–Trinajstić information content (AvgIpc) is 3.67. The quantitative estimate of drug-likeness (QED) is 0.150. The number of fused-ring (bicyclic) bond motifs is 4. The first-order valence-corrected chi connectivity index (χ1v) is 20.6. The van der Waals surface area contributed by atoms with E-state index < -0.39 is 0 Å². The van der Waals surface area contributed by atoms with E-state index >= 15 is 0 Å². The molecule has 2 nitrogen and oxygen atoms in total. The smallest absolute Gasteiger partial charge is 0.0541 e. The van der Waals surface area contributed by atoms with Crippen molar-refractivity contribution in [3.05, 3.63) is 243 Å². The second-order valence-electron chi connectivity index (χ2n) is 15.3. The molecular formula is C58H40N2. The zero-order chi connectivity index (χ0) is 39.8. The maximum absolute atomic E-state index is 2.41. The number of nitrogens with zero attached hydrogens (tertiary/aromatic N) is 2. The maximum atomic E-state index is 2.41. The van der Waals surface area contributed by atoms with E-state index in [4.69, 9.17) is 0 Å². The van der Waals surface area contributed by atoms with Crippen molar-refractivity contribution in [3.8, 4) is 50.2 Å². The van der Waals surface area contributed by atoms with Crippen LogP contribution < -0.4 is 4.90 Å². The summed E-state index contributed by atoms with van der Waals surface area (Å²) in [7, 11) is 0. The second-order valence-corrected chi connectivity index (χ2v) is 15.3. The van der Waals surface area contributed by atoms with Crippen LogP contribution in [0.5, 0.6) is 0 Å². The van der Waals surface area contributed by atoms with E-state index in [-0.39, 0.29) is 0 Å². The molecule has 0 saturated carbocycles. The highest BCUT2D eigenvalue weighted by Crippen LogP contribution is 2.43. The maximum Gasteiger partial charge on any atom is 0.0541 e. The van der Waals surface area contributed by atoms with E-state index in [2.05, 4.69) is 252 Å². The van der Waals surface area contributed by atoms with Gasteiger partial charge in [-0.1, -0.05) is 182 Å². The summed E-state index contributed by atoms with van der Waals surface area (Å²) in [6, 6.07) is 87.9. The molecule has 0 fully saturated rings. The summed E-state index contributed by atoms with van der Waals surface area (Å²) >= 11 is 0. The van der Waals surface area contributed by atoms with Gasteiger partial charge in [-0.25, -0.2) is 0 Å². The lowest BCUT2D eigenvalue weighted by atomic mass is 9.95. The summed E-state index contributed by atoms with van der Waals surface area (Å²) < 4.78 is 2.39. The van der Waals surface area contributed by atoms with Gasteiger partial charge in [0.15, 0.2) is 0 Å². The molecule has 11 aromatic rings. The van der Waals surface area contributed by atoms with Crippen LogP contribution in [0.3, 0.4) is 0 Å². The summed E-state index contributed by atoms with van der Waals surface area (Å²) in [4.78, 5) is 2.41. The van der Waals surface area contributed by atoms with Crippen LogP contribution in [0.25, 0.3) is 82.8 Å². The van der Waals surface area contributed by atoms with Crippen molar-refractivity contribution in [2.24, 2.45) is 0 Å². The van der Waals surface area contributed by atoms with E-state index in [9.17, 15) is 0 Å². The predicted octanol–water partition coefficient (Wildman–Crippen LogP) is 16.1. The molecule has 0 aliphatic carbocycles. The third-order valence-electron chi connectivity index (χ3n) is 11.8. The molecule has 0 atom stereocenters. The molecule has 0 bridgehead atoms. The lowest BCUT2D eigenvalue weighted by Crippen LogP contribution is -2.11. The van der Waals surface area contributed by atoms with Crippen LogP contribution in [-0.4, -0.2) is 4.57 Å². The molecule has 0 N–H and O–H groups in total. The molecule has 10 aromatic carbocycles. The van der Waals surface area contributed by atoms with Crippen LogP contribution in [0.4, 0.5) is 17.1 Å². The Morgan fingerprint density at radius 1 is 0.283 bits per heavy atom. The van der Waals surface area contributed by atoms with E-state index in [1.807, 2.05) is 0 Å². The fraction of sp³-hybridized carbons (Fsp3) is 0. The Bertz CT molecular complexity index is 3260. The minimum Gasteiger partial charge on any atom is -0.310 e. The van der Waals surface area contributed by atoms with Crippen LogP contribution in [-0.2, 0) is 0 Å². The molecule has 1 aromatic heterocycles. The number of para-hydroxylation sites is 3. The lowest BCUT2D eigenvalue weighted by molar-refractivity contribution is 1.18. The van der Waals surface area contributed by atoms with Gasteiger partial charge in [-0.2, -0.15) is 0 Å². The molecule has 282 valence electrons. The topological polar surface area (TPSA) is 8.17 Å². The minimum absolute atomic E-state index is 1.08. The Kier molecular flexibility index (Phi) is 8.87. The highest BCUT2D eigenvalue weighted by molar-refractivity contribution is 6.09. The van der Waals surface area contributed by atoms with Crippen LogP contribution >= 0.6 is 0 Å². The molecule has 11 rings (SSSR count). The monoisotopic (exact) mass is 764 g/mol. The highest BCUT2D eigenvalue weighted by atomic mass is 15.1. The summed E-state index contributed by atoms with van der Waals surface area (Å²) in [5.74, 6) is 0. The Hall–Kier alpha value is -7.94. The van der Waals surface area contributed by atoms with E-state index in [1.165, 1.54) is 66.0 Å². The van der Waals surface area contributed by atoms with Crippen LogP contribution in [0.15, 0.2) is 243 Å². The molecule has 0 radical (unpaired) electrons. The average molecular weight is 765 g/mol. The Balaban J connectivity index is 1.03. The van der Waals surface area contributed by atoms with Gasteiger partial charge < -0.3 is 9.47 Å². The number of hydrogen-bond acceptors (Lipinski definition) is 1. The summed E-state index contributed by atoms with van der Waals surface area (Å²) in [6.45, 7) is 0. The van der Waals surface area contributed by atoms with Crippen molar-refractivity contribution in [2.45, 2.75) is 0 Å². The van der Waals surface area contributed by atoms with Gasteiger partial charge >= 0.3 is 0 Å². The van der Waals surface area contributed by atoms with Gasteiger partial charge in [-0.05, 0) is 110 Å². The van der Waals surface area contributed by atoms with Crippen molar-refractivity contribution >= 4 is 49.6 Å². The second kappa shape index (κ2) is 15.1. The van der Waals surface area contributed by atoms with Crippen molar-refractivity contribution < 1.29 is 0 Å². The van der Waals surface area contributed by atoms with E-state index in [0.717, 1.165) is 33.9 Å². The predicted molar refractivity (Wildman–Crippen MR) is 255 cm³/mol. The molecule has 1 heterocycles. The van der Waals surface area contributed by atoms with Gasteiger partial charge in [-0.15, -0.1) is 0 Å². The van der Waals surface area contributed by atoms with Crippen LogP contribution in [0, 0.1) is 0 Å². The Labute approximate surface area is 350 Å². The lowest BCUT2D eigenvalue weighted by Gasteiger charge is -2.28. The van der Waals surface area contributed by atoms with Gasteiger partial charge in [0.2, 0.25) is 0 Å². The first-order chi connectivity index (χ1) is 29.8. The zero-order valence-electron chi connectivity index (χ0n) is 33.0. The highest BCUT2D eigenvalue weighted by Gasteiger charge is 2.19. The largest absolute Gasteiger partial charge is 0.310 e.